The molecule has 0 unspecified atom stereocenters. The molecule has 1 rings (SSSR count). The fraction of sp³-hybridized carbons (Fsp3) is 0.545. The smallest absolute Gasteiger partial charge is 0.0300 e. The molecule has 1 atom stereocenters. The van der Waals surface area contributed by atoms with Gasteiger partial charge in [-0.05, 0) is 30.4 Å². The molecule has 0 fully saturated rings. The van der Waals surface area contributed by atoms with Gasteiger partial charge >= 0.3 is 0 Å². The third-order valence-corrected chi connectivity index (χ3v) is 1.99. The van der Waals surface area contributed by atoms with E-state index in [1.165, 1.54) is 5.56 Å². The van der Waals surface area contributed by atoms with E-state index in [9.17, 15) is 0 Å². The molecule has 0 radical (unpaired) electrons. The molecule has 72 valence electrons. The lowest BCUT2D eigenvalue weighted by molar-refractivity contribution is 0.493. The van der Waals surface area contributed by atoms with E-state index in [-0.39, 0.29) is 6.04 Å². The molecule has 2 nitrogen and oxygen atoms in total. The van der Waals surface area contributed by atoms with Crippen molar-refractivity contribution in [2.24, 2.45) is 11.7 Å². The van der Waals surface area contributed by atoms with E-state index in [1.807, 2.05) is 12.3 Å². The van der Waals surface area contributed by atoms with Crippen molar-refractivity contribution < 1.29 is 0 Å². The van der Waals surface area contributed by atoms with Crippen molar-refractivity contribution in [3.05, 3.63) is 30.1 Å². The van der Waals surface area contributed by atoms with Crippen LogP contribution in [0.15, 0.2) is 24.5 Å². The van der Waals surface area contributed by atoms with Gasteiger partial charge in [-0.1, -0.05) is 19.9 Å². The molecule has 1 aromatic rings. The van der Waals surface area contributed by atoms with Gasteiger partial charge in [0, 0.05) is 18.4 Å². The summed E-state index contributed by atoms with van der Waals surface area (Å²) in [6.07, 6.45) is 5.69. The van der Waals surface area contributed by atoms with Crippen LogP contribution in [0.5, 0.6) is 0 Å². The van der Waals surface area contributed by atoms with Crippen LogP contribution in [-0.4, -0.2) is 11.0 Å². The number of pyridine rings is 1. The Morgan fingerprint density at radius 1 is 1.46 bits per heavy atom. The zero-order valence-corrected chi connectivity index (χ0v) is 8.40. The Bertz CT molecular complexity index is 231. The predicted molar refractivity (Wildman–Crippen MR) is 55.4 cm³/mol. The highest BCUT2D eigenvalue weighted by atomic mass is 14.6. The van der Waals surface area contributed by atoms with Crippen LogP contribution in [0.4, 0.5) is 0 Å². The third kappa shape index (κ3) is 4.04. The Morgan fingerprint density at radius 2 is 2.23 bits per heavy atom. The summed E-state index contributed by atoms with van der Waals surface area (Å²) >= 11 is 0. The Hall–Kier alpha value is -0.890. The van der Waals surface area contributed by atoms with E-state index in [2.05, 4.69) is 24.9 Å². The first-order chi connectivity index (χ1) is 6.18. The van der Waals surface area contributed by atoms with Crippen LogP contribution < -0.4 is 5.73 Å². The van der Waals surface area contributed by atoms with Gasteiger partial charge in [0.1, 0.15) is 0 Å². The maximum Gasteiger partial charge on any atom is 0.0300 e. The number of aromatic nitrogens is 1. The lowest BCUT2D eigenvalue weighted by atomic mass is 9.99. The molecular weight excluding hydrogens is 160 g/mol. The van der Waals surface area contributed by atoms with E-state index < -0.39 is 0 Å². The van der Waals surface area contributed by atoms with Crippen molar-refractivity contribution >= 4 is 0 Å². The molecule has 0 aliphatic heterocycles. The average molecular weight is 178 g/mol. The topological polar surface area (TPSA) is 38.9 Å². The largest absolute Gasteiger partial charge is 0.327 e. The normalized spacial score (nSPS) is 13.2. The molecule has 0 saturated heterocycles. The summed E-state index contributed by atoms with van der Waals surface area (Å²) < 4.78 is 0. The SMILES string of the molecule is CC(C)C[C@@H](N)Cc1cccnc1. The highest BCUT2D eigenvalue weighted by molar-refractivity contribution is 5.09. The minimum Gasteiger partial charge on any atom is -0.327 e. The minimum atomic E-state index is 0.268. The first-order valence-electron chi connectivity index (χ1n) is 4.83. The second-order valence-corrected chi connectivity index (χ2v) is 3.96. The zero-order chi connectivity index (χ0) is 9.68. The van der Waals surface area contributed by atoms with Gasteiger partial charge < -0.3 is 5.73 Å². The van der Waals surface area contributed by atoms with E-state index >= 15 is 0 Å². The van der Waals surface area contributed by atoms with Gasteiger partial charge in [0.05, 0.1) is 0 Å². The molecule has 0 amide bonds. The van der Waals surface area contributed by atoms with E-state index in [4.69, 9.17) is 5.73 Å². The molecule has 1 heterocycles. The number of nitrogens with two attached hydrogens (primary N) is 1. The second-order valence-electron chi connectivity index (χ2n) is 3.96. The standard InChI is InChI=1S/C11H18N2/c1-9(2)6-11(12)7-10-4-3-5-13-8-10/h3-5,8-9,11H,6-7,12H2,1-2H3/t11-/m1/s1. The van der Waals surface area contributed by atoms with Crippen LogP contribution in [0, 0.1) is 5.92 Å². The summed E-state index contributed by atoms with van der Waals surface area (Å²) in [6, 6.07) is 4.30. The number of hydrogen-bond donors (Lipinski definition) is 1. The summed E-state index contributed by atoms with van der Waals surface area (Å²) in [5, 5.41) is 0. The monoisotopic (exact) mass is 178 g/mol. The predicted octanol–water partition coefficient (Wildman–Crippen LogP) is 2.00. The molecule has 0 spiro atoms. The van der Waals surface area contributed by atoms with Gasteiger partial charge in [0.2, 0.25) is 0 Å². The molecule has 13 heavy (non-hydrogen) atoms. The van der Waals surface area contributed by atoms with Crippen LogP contribution in [0.3, 0.4) is 0 Å². The Balaban J connectivity index is 2.41. The van der Waals surface area contributed by atoms with Crippen LogP contribution >= 0.6 is 0 Å². The first kappa shape index (κ1) is 10.2. The van der Waals surface area contributed by atoms with Crippen molar-refractivity contribution in [2.75, 3.05) is 0 Å². The summed E-state index contributed by atoms with van der Waals surface area (Å²) in [7, 11) is 0. The first-order valence-corrected chi connectivity index (χ1v) is 4.83. The minimum absolute atomic E-state index is 0.268. The van der Waals surface area contributed by atoms with Gasteiger partial charge in [-0.3, -0.25) is 4.98 Å². The average Bonchev–Trinajstić information content (AvgIpc) is 2.04. The Morgan fingerprint density at radius 3 is 2.77 bits per heavy atom. The summed E-state index contributed by atoms with van der Waals surface area (Å²) in [5.74, 6) is 0.673. The van der Waals surface area contributed by atoms with Crippen molar-refractivity contribution in [3.63, 3.8) is 0 Å². The lowest BCUT2D eigenvalue weighted by Crippen LogP contribution is -2.24. The summed E-state index contributed by atoms with van der Waals surface area (Å²) in [5.41, 5.74) is 7.21. The summed E-state index contributed by atoms with van der Waals surface area (Å²) in [6.45, 7) is 4.40. The van der Waals surface area contributed by atoms with E-state index in [0.29, 0.717) is 5.92 Å². The molecule has 0 aliphatic rings. The Labute approximate surface area is 80.2 Å². The second kappa shape index (κ2) is 4.97. The molecule has 2 heteroatoms. The quantitative estimate of drug-likeness (QED) is 0.766. The molecule has 0 aromatic carbocycles. The molecule has 0 bridgehead atoms. The van der Waals surface area contributed by atoms with Crippen LogP contribution in [0.25, 0.3) is 0 Å². The molecule has 0 saturated carbocycles. The molecular formula is C11H18N2. The van der Waals surface area contributed by atoms with Gasteiger partial charge in [0.25, 0.3) is 0 Å². The lowest BCUT2D eigenvalue weighted by Gasteiger charge is -2.13. The number of nitrogens with zero attached hydrogens (tertiary/aromatic N) is 1. The van der Waals surface area contributed by atoms with E-state index in [1.54, 1.807) is 6.20 Å². The van der Waals surface area contributed by atoms with Crippen LogP contribution in [0.1, 0.15) is 25.8 Å². The molecule has 0 aliphatic carbocycles. The number of hydrogen-bond acceptors (Lipinski definition) is 2. The van der Waals surface area contributed by atoms with Gasteiger partial charge in [-0.2, -0.15) is 0 Å². The van der Waals surface area contributed by atoms with E-state index in [0.717, 1.165) is 12.8 Å². The van der Waals surface area contributed by atoms with Crippen molar-refractivity contribution in [3.8, 4) is 0 Å². The van der Waals surface area contributed by atoms with Crippen molar-refractivity contribution in [1.29, 1.82) is 0 Å². The van der Waals surface area contributed by atoms with Gasteiger partial charge in [0.15, 0.2) is 0 Å². The zero-order valence-electron chi connectivity index (χ0n) is 8.40. The fourth-order valence-electron chi connectivity index (χ4n) is 1.51. The maximum absolute atomic E-state index is 5.98. The third-order valence-electron chi connectivity index (χ3n) is 1.99. The molecule has 2 N–H and O–H groups in total. The Kier molecular flexibility index (Phi) is 3.90. The maximum atomic E-state index is 5.98. The van der Waals surface area contributed by atoms with Crippen molar-refractivity contribution in [2.45, 2.75) is 32.7 Å². The van der Waals surface area contributed by atoms with Gasteiger partial charge in [-0.15, -0.1) is 0 Å². The van der Waals surface area contributed by atoms with Crippen LogP contribution in [0.2, 0.25) is 0 Å². The highest BCUT2D eigenvalue weighted by Crippen LogP contribution is 2.07. The highest BCUT2D eigenvalue weighted by Gasteiger charge is 2.05. The summed E-state index contributed by atoms with van der Waals surface area (Å²) in [4.78, 5) is 4.06. The van der Waals surface area contributed by atoms with Crippen molar-refractivity contribution in [1.82, 2.24) is 4.98 Å². The number of rotatable bonds is 4. The molecule has 1 aromatic heterocycles. The van der Waals surface area contributed by atoms with Crippen LogP contribution in [-0.2, 0) is 6.42 Å². The van der Waals surface area contributed by atoms with Gasteiger partial charge in [-0.25, -0.2) is 0 Å². The fourth-order valence-corrected chi connectivity index (χ4v) is 1.51.